The van der Waals surface area contributed by atoms with E-state index >= 15 is 0 Å². The van der Waals surface area contributed by atoms with Crippen LogP contribution in [0.3, 0.4) is 0 Å². The lowest BCUT2D eigenvalue weighted by Crippen LogP contribution is -2.39. The van der Waals surface area contributed by atoms with E-state index in [4.69, 9.17) is 23.7 Å². The summed E-state index contributed by atoms with van der Waals surface area (Å²) in [6.07, 6.45) is 1.18. The van der Waals surface area contributed by atoms with Gasteiger partial charge in [0.2, 0.25) is 0 Å². The molecule has 0 spiro atoms. The van der Waals surface area contributed by atoms with Crippen LogP contribution >= 0.6 is 22.7 Å². The Morgan fingerprint density at radius 3 is 1.80 bits per heavy atom. The SMILES string of the molecule is COCCOCCOc1c(C(C)(C)C(C)(C)c2cc(OCCOCCC=O)c(C(C)(C)C)s2)sc(C(C)(C)C)c1S(=O)(=O)O. The molecule has 0 aliphatic rings. The molecule has 0 saturated heterocycles. The van der Waals surface area contributed by atoms with Crippen LogP contribution in [0.5, 0.6) is 11.5 Å². The van der Waals surface area contributed by atoms with Gasteiger partial charge < -0.3 is 28.5 Å². The van der Waals surface area contributed by atoms with Crippen LogP contribution in [0.4, 0.5) is 0 Å². The van der Waals surface area contributed by atoms with Crippen LogP contribution in [0.1, 0.15) is 95.2 Å². The van der Waals surface area contributed by atoms with E-state index in [1.807, 2.05) is 20.8 Å². The summed E-state index contributed by atoms with van der Waals surface area (Å²) < 4.78 is 64.7. The molecule has 0 aliphatic heterocycles. The minimum atomic E-state index is -4.61. The molecule has 9 nitrogen and oxygen atoms in total. The third kappa shape index (κ3) is 9.49. The highest BCUT2D eigenvalue weighted by molar-refractivity contribution is 7.86. The van der Waals surface area contributed by atoms with E-state index in [2.05, 4.69) is 54.5 Å². The molecule has 12 heteroatoms. The second-order valence-corrected chi connectivity index (χ2v) is 17.2. The van der Waals surface area contributed by atoms with E-state index in [1.165, 1.54) is 11.3 Å². The summed E-state index contributed by atoms with van der Waals surface area (Å²) >= 11 is 3.04. The molecular weight excluding hydrogens is 625 g/mol. The van der Waals surface area contributed by atoms with Gasteiger partial charge in [-0.05, 0) is 16.9 Å². The molecule has 2 heterocycles. The summed E-state index contributed by atoms with van der Waals surface area (Å²) in [5.74, 6) is 0.956. The van der Waals surface area contributed by atoms with Crippen molar-refractivity contribution in [2.24, 2.45) is 0 Å². The summed E-state index contributed by atoms with van der Waals surface area (Å²) in [4.78, 5) is 13.8. The zero-order valence-corrected chi connectivity index (χ0v) is 30.7. The zero-order chi connectivity index (χ0) is 33.6. The van der Waals surface area contributed by atoms with E-state index in [0.29, 0.717) is 44.3 Å². The predicted molar refractivity (Wildman–Crippen MR) is 177 cm³/mol. The molecule has 1 N–H and O–H groups in total. The van der Waals surface area contributed by atoms with Crippen molar-refractivity contribution in [3.05, 3.63) is 25.6 Å². The van der Waals surface area contributed by atoms with Crippen LogP contribution in [0.15, 0.2) is 11.0 Å². The fourth-order valence-corrected chi connectivity index (χ4v) is 8.79. The van der Waals surface area contributed by atoms with E-state index < -0.39 is 26.4 Å². The van der Waals surface area contributed by atoms with Crippen molar-refractivity contribution in [2.45, 2.75) is 102 Å². The van der Waals surface area contributed by atoms with Gasteiger partial charge in [0, 0.05) is 34.1 Å². The van der Waals surface area contributed by atoms with Crippen molar-refractivity contribution >= 4 is 39.1 Å². The van der Waals surface area contributed by atoms with Crippen LogP contribution in [-0.2, 0) is 50.8 Å². The molecule has 0 radical (unpaired) electrons. The molecule has 44 heavy (non-hydrogen) atoms. The Morgan fingerprint density at radius 2 is 1.27 bits per heavy atom. The van der Waals surface area contributed by atoms with Crippen LogP contribution < -0.4 is 9.47 Å². The first-order valence-corrected chi connectivity index (χ1v) is 17.9. The Kier molecular flexibility index (Phi) is 13.5. The lowest BCUT2D eigenvalue weighted by Gasteiger charge is -2.41. The number of thiophene rings is 2. The quantitative estimate of drug-likeness (QED) is 0.102. The van der Waals surface area contributed by atoms with Crippen molar-refractivity contribution in [3.63, 3.8) is 0 Å². The largest absolute Gasteiger partial charge is 0.490 e. The average Bonchev–Trinajstić information content (AvgIpc) is 3.51. The normalized spacial score (nSPS) is 13.4. The van der Waals surface area contributed by atoms with Gasteiger partial charge in [0.15, 0.2) is 10.6 Å². The molecule has 2 aromatic rings. The van der Waals surface area contributed by atoms with Crippen molar-refractivity contribution in [2.75, 3.05) is 53.4 Å². The molecule has 0 aliphatic carbocycles. The Balaban J connectivity index is 2.61. The van der Waals surface area contributed by atoms with Crippen molar-refractivity contribution in [1.29, 1.82) is 0 Å². The molecule has 2 aromatic heterocycles. The molecule has 252 valence electrons. The first-order chi connectivity index (χ1) is 20.2. The Labute approximate surface area is 272 Å². The zero-order valence-electron chi connectivity index (χ0n) is 28.2. The summed E-state index contributed by atoms with van der Waals surface area (Å²) in [5, 5.41) is 0. The minimum absolute atomic E-state index is 0.107. The summed E-state index contributed by atoms with van der Waals surface area (Å²) in [5.41, 5.74) is -1.93. The maximum absolute atomic E-state index is 12.9. The van der Waals surface area contributed by atoms with Gasteiger partial charge in [-0.15, -0.1) is 22.7 Å². The van der Waals surface area contributed by atoms with Crippen molar-refractivity contribution < 1.29 is 41.4 Å². The highest BCUT2D eigenvalue weighted by Gasteiger charge is 2.47. The number of rotatable bonds is 18. The molecular formula is C32H52O9S3. The smallest absolute Gasteiger partial charge is 0.299 e. The number of aldehydes is 1. The fraction of sp³-hybridized carbons (Fsp3) is 0.719. The van der Waals surface area contributed by atoms with E-state index in [1.54, 1.807) is 18.4 Å². The highest BCUT2D eigenvalue weighted by Crippen LogP contribution is 2.56. The maximum Gasteiger partial charge on any atom is 0.299 e. The Morgan fingerprint density at radius 1 is 0.727 bits per heavy atom. The van der Waals surface area contributed by atoms with E-state index in [0.717, 1.165) is 26.7 Å². The second-order valence-electron chi connectivity index (χ2n) is 13.8. The van der Waals surface area contributed by atoms with Gasteiger partial charge in [-0.2, -0.15) is 8.42 Å². The monoisotopic (exact) mass is 676 g/mol. The minimum Gasteiger partial charge on any atom is -0.490 e. The third-order valence-electron chi connectivity index (χ3n) is 7.66. The predicted octanol–water partition coefficient (Wildman–Crippen LogP) is 6.93. The molecule has 0 aromatic carbocycles. The van der Waals surface area contributed by atoms with Crippen molar-refractivity contribution in [1.82, 2.24) is 0 Å². The third-order valence-corrected chi connectivity index (χ3v) is 12.5. The topological polar surface area (TPSA) is 118 Å². The summed E-state index contributed by atoms with van der Waals surface area (Å²) in [6.45, 7) is 22.9. The fourth-order valence-electron chi connectivity index (χ4n) is 4.47. The van der Waals surface area contributed by atoms with Crippen LogP contribution in [0.25, 0.3) is 0 Å². The summed E-state index contributed by atoms with van der Waals surface area (Å²) in [6, 6.07) is 2.07. The van der Waals surface area contributed by atoms with Gasteiger partial charge in [-0.1, -0.05) is 69.2 Å². The lowest BCUT2D eigenvalue weighted by atomic mass is 9.66. The average molecular weight is 677 g/mol. The van der Waals surface area contributed by atoms with Gasteiger partial charge >= 0.3 is 0 Å². The number of hydrogen-bond donors (Lipinski definition) is 1. The van der Waals surface area contributed by atoms with Crippen LogP contribution in [-0.4, -0.2) is 72.6 Å². The van der Waals surface area contributed by atoms with Gasteiger partial charge in [0.25, 0.3) is 10.1 Å². The summed E-state index contributed by atoms with van der Waals surface area (Å²) in [7, 11) is -3.02. The molecule has 0 saturated carbocycles. The van der Waals surface area contributed by atoms with Gasteiger partial charge in [0.1, 0.15) is 25.2 Å². The maximum atomic E-state index is 12.9. The van der Waals surface area contributed by atoms with Gasteiger partial charge in [-0.3, -0.25) is 4.55 Å². The van der Waals surface area contributed by atoms with Crippen LogP contribution in [0.2, 0.25) is 0 Å². The van der Waals surface area contributed by atoms with Crippen molar-refractivity contribution in [3.8, 4) is 11.5 Å². The number of carbonyl (C=O) groups excluding carboxylic acids is 1. The molecule has 0 amide bonds. The van der Waals surface area contributed by atoms with Gasteiger partial charge in [0.05, 0.1) is 42.8 Å². The lowest BCUT2D eigenvalue weighted by molar-refractivity contribution is -0.108. The first kappa shape index (κ1) is 38.6. The molecule has 0 atom stereocenters. The van der Waals surface area contributed by atoms with E-state index in [-0.39, 0.29) is 29.3 Å². The number of carbonyl (C=O) groups is 1. The standard InChI is InChI=1S/C32H52O9S3/c1-29(2,3)26-22(40-19-17-38-14-12-13-33)21-23(42-26)31(7,8)32(9,10)27-24(41-20-18-39-16-15-37-11)25(44(34,35)36)28(43-27)30(4,5)6/h13,21H,12,14-20H2,1-11H3,(H,34,35,36). The molecule has 2 rings (SSSR count). The Bertz CT molecular complexity index is 1320. The number of ether oxygens (including phenoxy) is 5. The molecule has 0 fully saturated rings. The molecule has 0 bridgehead atoms. The Hall–Kier alpha value is -1.54. The van der Waals surface area contributed by atoms with E-state index in [9.17, 15) is 17.8 Å². The molecule has 0 unspecified atom stereocenters. The van der Waals surface area contributed by atoms with Crippen LogP contribution in [0, 0.1) is 0 Å². The first-order valence-electron chi connectivity index (χ1n) is 14.8. The van der Waals surface area contributed by atoms with Gasteiger partial charge in [-0.25, -0.2) is 0 Å². The number of hydrogen-bond acceptors (Lipinski definition) is 10. The second kappa shape index (κ2) is 15.4. The number of methoxy groups -OCH3 is 1. The highest BCUT2D eigenvalue weighted by atomic mass is 32.2.